The lowest BCUT2D eigenvalue weighted by atomic mass is 10.3. The number of anilines is 1. The first kappa shape index (κ1) is 12.9. The zero-order valence-electron chi connectivity index (χ0n) is 9.19. The van der Waals surface area contributed by atoms with Gasteiger partial charge in [-0.2, -0.15) is 0 Å². The molecule has 1 aromatic heterocycles. The molecule has 0 aliphatic rings. The van der Waals surface area contributed by atoms with Crippen LogP contribution < -0.4 is 10.6 Å². The molecule has 0 bridgehead atoms. The molecule has 90 valence electrons. The number of aryl methyl sites for hydroxylation is 1. The number of aliphatic hydroxyl groups excluding tert-OH is 1. The van der Waals surface area contributed by atoms with E-state index in [0.717, 1.165) is 24.3 Å². The van der Waals surface area contributed by atoms with Crippen LogP contribution >= 0.6 is 11.3 Å². The molecule has 0 saturated heterocycles. The Morgan fingerprint density at radius 3 is 3.00 bits per heavy atom. The minimum Gasteiger partial charge on any atom is -0.395 e. The number of hydrogen-bond donors (Lipinski definition) is 3. The van der Waals surface area contributed by atoms with Crippen molar-refractivity contribution in [3.63, 3.8) is 0 Å². The van der Waals surface area contributed by atoms with Crippen molar-refractivity contribution in [2.24, 2.45) is 0 Å². The van der Waals surface area contributed by atoms with E-state index in [4.69, 9.17) is 5.11 Å². The monoisotopic (exact) mass is 244 g/mol. The van der Waals surface area contributed by atoms with Crippen molar-refractivity contribution >= 4 is 22.5 Å². The summed E-state index contributed by atoms with van der Waals surface area (Å²) in [7, 11) is 0. The summed E-state index contributed by atoms with van der Waals surface area (Å²) >= 11 is 1.38. The van der Waals surface area contributed by atoms with E-state index in [1.54, 1.807) is 0 Å². The Labute approximate surface area is 98.1 Å². The number of carbonyl (C=O) groups excluding carboxylic acids is 1. The summed E-state index contributed by atoms with van der Waals surface area (Å²) < 4.78 is 0. The number of unbranched alkanes of at least 4 members (excludes halogenated alkanes) is 1. The van der Waals surface area contributed by atoms with Crippen LogP contribution in [0.15, 0.2) is 0 Å². The van der Waals surface area contributed by atoms with Gasteiger partial charge in [-0.3, -0.25) is 5.32 Å². The summed E-state index contributed by atoms with van der Waals surface area (Å²) in [6.07, 6.45) is 3.08. The van der Waals surface area contributed by atoms with Crippen LogP contribution in [0.25, 0.3) is 0 Å². The summed E-state index contributed by atoms with van der Waals surface area (Å²) in [5.74, 6) is 0. The Kier molecular flexibility index (Phi) is 5.73. The maximum atomic E-state index is 11.2. The molecule has 3 N–H and O–H groups in total. The van der Waals surface area contributed by atoms with Crippen LogP contribution in [-0.2, 0) is 6.42 Å². The number of carbonyl (C=O) groups is 1. The molecule has 2 amide bonds. The molecule has 0 unspecified atom stereocenters. The SMILES string of the molecule is CCCCc1nnc(NC(=O)NCCO)s1. The average Bonchev–Trinajstić information content (AvgIpc) is 2.71. The minimum absolute atomic E-state index is 0.0781. The molecular weight excluding hydrogens is 228 g/mol. The van der Waals surface area contributed by atoms with Crippen molar-refractivity contribution in [2.45, 2.75) is 26.2 Å². The third-order valence-electron chi connectivity index (χ3n) is 1.83. The zero-order chi connectivity index (χ0) is 11.8. The van der Waals surface area contributed by atoms with Crippen LogP contribution in [0.1, 0.15) is 24.8 Å². The first-order chi connectivity index (χ1) is 7.76. The van der Waals surface area contributed by atoms with Crippen LogP contribution in [0.5, 0.6) is 0 Å². The molecule has 0 aromatic carbocycles. The fourth-order valence-electron chi connectivity index (χ4n) is 1.04. The number of nitrogens with one attached hydrogen (secondary N) is 2. The molecular formula is C9H16N4O2S. The van der Waals surface area contributed by atoms with E-state index in [-0.39, 0.29) is 19.2 Å². The number of nitrogens with zero attached hydrogens (tertiary/aromatic N) is 2. The molecule has 0 aliphatic carbocycles. The zero-order valence-corrected chi connectivity index (χ0v) is 10.0. The van der Waals surface area contributed by atoms with Crippen LogP contribution in [0.3, 0.4) is 0 Å². The van der Waals surface area contributed by atoms with Gasteiger partial charge in [0.2, 0.25) is 5.13 Å². The number of aliphatic hydroxyl groups is 1. The number of rotatable bonds is 6. The molecule has 0 spiro atoms. The maximum absolute atomic E-state index is 11.2. The van der Waals surface area contributed by atoms with Gasteiger partial charge in [0.05, 0.1) is 6.61 Å². The smallest absolute Gasteiger partial charge is 0.321 e. The van der Waals surface area contributed by atoms with E-state index in [0.29, 0.717) is 5.13 Å². The standard InChI is InChI=1S/C9H16N4O2S/c1-2-3-4-7-12-13-9(16-7)11-8(15)10-5-6-14/h14H,2-6H2,1H3,(H2,10,11,13,15). The molecule has 7 heteroatoms. The van der Waals surface area contributed by atoms with Crippen molar-refractivity contribution in [1.29, 1.82) is 0 Å². The fourth-order valence-corrected chi connectivity index (χ4v) is 1.82. The molecule has 1 rings (SSSR count). The molecule has 1 aromatic rings. The van der Waals surface area contributed by atoms with Gasteiger partial charge in [-0.15, -0.1) is 10.2 Å². The van der Waals surface area contributed by atoms with E-state index in [1.165, 1.54) is 11.3 Å². The normalized spacial score (nSPS) is 10.1. The summed E-state index contributed by atoms with van der Waals surface area (Å²) in [5.41, 5.74) is 0. The topological polar surface area (TPSA) is 87.1 Å². The van der Waals surface area contributed by atoms with Gasteiger partial charge < -0.3 is 10.4 Å². The predicted octanol–water partition coefficient (Wildman–Crippen LogP) is 0.994. The van der Waals surface area contributed by atoms with Gasteiger partial charge in [0.25, 0.3) is 0 Å². The van der Waals surface area contributed by atoms with Crippen molar-refractivity contribution in [3.8, 4) is 0 Å². The minimum atomic E-state index is -0.368. The van der Waals surface area contributed by atoms with Crippen molar-refractivity contribution in [3.05, 3.63) is 5.01 Å². The van der Waals surface area contributed by atoms with Crippen LogP contribution in [0.2, 0.25) is 0 Å². The van der Waals surface area contributed by atoms with E-state index in [9.17, 15) is 4.79 Å². The van der Waals surface area contributed by atoms with Crippen LogP contribution in [-0.4, -0.2) is 34.5 Å². The van der Waals surface area contributed by atoms with Gasteiger partial charge >= 0.3 is 6.03 Å². The van der Waals surface area contributed by atoms with E-state index in [2.05, 4.69) is 27.8 Å². The number of aromatic nitrogens is 2. The molecule has 16 heavy (non-hydrogen) atoms. The highest BCUT2D eigenvalue weighted by atomic mass is 32.1. The Morgan fingerprint density at radius 1 is 1.50 bits per heavy atom. The second-order valence-electron chi connectivity index (χ2n) is 3.21. The van der Waals surface area contributed by atoms with Gasteiger partial charge in [-0.1, -0.05) is 24.7 Å². The maximum Gasteiger partial charge on any atom is 0.321 e. The second kappa shape index (κ2) is 7.13. The summed E-state index contributed by atoms with van der Waals surface area (Å²) in [4.78, 5) is 11.2. The predicted molar refractivity (Wildman–Crippen MR) is 62.6 cm³/mol. The van der Waals surface area contributed by atoms with Crippen LogP contribution in [0, 0.1) is 0 Å². The van der Waals surface area contributed by atoms with Gasteiger partial charge in [0.1, 0.15) is 5.01 Å². The first-order valence-corrected chi connectivity index (χ1v) is 6.06. The fraction of sp³-hybridized carbons (Fsp3) is 0.667. The Morgan fingerprint density at radius 2 is 2.31 bits per heavy atom. The van der Waals surface area contributed by atoms with E-state index >= 15 is 0 Å². The Balaban J connectivity index is 2.36. The molecule has 1 heterocycles. The van der Waals surface area contributed by atoms with Crippen molar-refractivity contribution < 1.29 is 9.90 Å². The molecule has 0 aliphatic heterocycles. The third kappa shape index (κ3) is 4.54. The van der Waals surface area contributed by atoms with E-state index in [1.807, 2.05) is 0 Å². The highest BCUT2D eigenvalue weighted by molar-refractivity contribution is 7.15. The first-order valence-electron chi connectivity index (χ1n) is 5.24. The Hall–Kier alpha value is -1.21. The molecule has 0 saturated carbocycles. The van der Waals surface area contributed by atoms with Gasteiger partial charge in [-0.25, -0.2) is 4.79 Å². The third-order valence-corrected chi connectivity index (χ3v) is 2.73. The second-order valence-corrected chi connectivity index (χ2v) is 4.27. The van der Waals surface area contributed by atoms with Gasteiger partial charge in [0.15, 0.2) is 0 Å². The average molecular weight is 244 g/mol. The Bertz CT molecular complexity index is 329. The number of urea groups is 1. The molecule has 0 fully saturated rings. The van der Waals surface area contributed by atoms with Crippen molar-refractivity contribution in [2.75, 3.05) is 18.5 Å². The highest BCUT2D eigenvalue weighted by Gasteiger charge is 2.06. The summed E-state index contributed by atoms with van der Waals surface area (Å²) in [6, 6.07) is -0.368. The molecule has 0 radical (unpaired) electrons. The number of hydrogen-bond acceptors (Lipinski definition) is 5. The van der Waals surface area contributed by atoms with Gasteiger partial charge in [0, 0.05) is 13.0 Å². The quantitative estimate of drug-likeness (QED) is 0.696. The van der Waals surface area contributed by atoms with Crippen molar-refractivity contribution in [1.82, 2.24) is 15.5 Å². The molecule has 0 atom stereocenters. The van der Waals surface area contributed by atoms with Gasteiger partial charge in [-0.05, 0) is 6.42 Å². The number of amides is 2. The van der Waals surface area contributed by atoms with E-state index < -0.39 is 0 Å². The summed E-state index contributed by atoms with van der Waals surface area (Å²) in [6.45, 7) is 2.27. The van der Waals surface area contributed by atoms with Crippen LogP contribution in [0.4, 0.5) is 9.93 Å². The highest BCUT2D eigenvalue weighted by Crippen LogP contribution is 2.16. The summed E-state index contributed by atoms with van der Waals surface area (Å²) in [5, 5.41) is 22.8. The molecule has 6 nitrogen and oxygen atoms in total. The largest absolute Gasteiger partial charge is 0.395 e. The lowest BCUT2D eigenvalue weighted by Gasteiger charge is -2.01. The lowest BCUT2D eigenvalue weighted by Crippen LogP contribution is -2.30. The lowest BCUT2D eigenvalue weighted by molar-refractivity contribution is 0.245.